The number of nitrogens with one attached hydrogen (secondary N) is 1. The van der Waals surface area contributed by atoms with Gasteiger partial charge in [0.1, 0.15) is 5.75 Å². The van der Waals surface area contributed by atoms with Crippen molar-refractivity contribution in [2.75, 3.05) is 26.1 Å². The number of carbonyl (C=O) groups excluding carboxylic acids is 1. The maximum absolute atomic E-state index is 11.8. The van der Waals surface area contributed by atoms with E-state index >= 15 is 0 Å². The highest BCUT2D eigenvalue weighted by Crippen LogP contribution is 2.19. The first-order chi connectivity index (χ1) is 11.9. The van der Waals surface area contributed by atoms with E-state index in [1.165, 1.54) is 29.4 Å². The summed E-state index contributed by atoms with van der Waals surface area (Å²) in [4.78, 5) is 16.6. The molecule has 0 heterocycles. The third kappa shape index (κ3) is 5.22. The molecule has 2 amide bonds. The molecule has 0 saturated heterocycles. The van der Waals surface area contributed by atoms with Gasteiger partial charge in [0.25, 0.3) is 0 Å². The van der Waals surface area contributed by atoms with E-state index in [1.54, 1.807) is 13.1 Å². The molecular formula is C20H26N2O3. The molecule has 5 heteroatoms. The molecule has 1 N–H and O–H groups in total. The van der Waals surface area contributed by atoms with E-state index in [1.807, 2.05) is 18.2 Å². The minimum absolute atomic E-state index is 0.342. The van der Waals surface area contributed by atoms with Gasteiger partial charge in [-0.05, 0) is 55.2 Å². The highest BCUT2D eigenvalue weighted by atomic mass is 16.7. The van der Waals surface area contributed by atoms with Gasteiger partial charge in [-0.1, -0.05) is 18.2 Å². The van der Waals surface area contributed by atoms with E-state index in [-0.39, 0.29) is 6.03 Å². The predicted octanol–water partition coefficient (Wildman–Crippen LogP) is 4.26. The van der Waals surface area contributed by atoms with E-state index in [2.05, 4.69) is 38.2 Å². The number of anilines is 1. The highest BCUT2D eigenvalue weighted by Gasteiger charge is 2.08. The van der Waals surface area contributed by atoms with Crippen LogP contribution in [0.2, 0.25) is 0 Å². The summed E-state index contributed by atoms with van der Waals surface area (Å²) in [7, 11) is 2.98. The lowest BCUT2D eigenvalue weighted by Crippen LogP contribution is -2.30. The minimum Gasteiger partial charge on any atom is -0.493 e. The van der Waals surface area contributed by atoms with Crippen LogP contribution in [0.4, 0.5) is 10.5 Å². The second-order valence-corrected chi connectivity index (χ2v) is 6.10. The van der Waals surface area contributed by atoms with Crippen LogP contribution in [0.1, 0.15) is 22.3 Å². The van der Waals surface area contributed by atoms with Gasteiger partial charge in [0.15, 0.2) is 0 Å². The number of hydroxylamine groups is 2. The van der Waals surface area contributed by atoms with Crippen molar-refractivity contribution in [3.8, 4) is 5.75 Å². The average Bonchev–Trinajstić information content (AvgIpc) is 2.59. The topological polar surface area (TPSA) is 50.8 Å². The molecule has 0 spiro atoms. The molecule has 25 heavy (non-hydrogen) atoms. The fourth-order valence-electron chi connectivity index (χ4n) is 2.52. The molecule has 0 saturated carbocycles. The van der Waals surface area contributed by atoms with Crippen molar-refractivity contribution >= 4 is 11.7 Å². The van der Waals surface area contributed by atoms with Gasteiger partial charge in [0.05, 0.1) is 13.7 Å². The SMILES string of the molecule is CON(C)C(=O)Nc1cccc(OCCc2cc(C)c(C)cc2C)c1. The first-order valence-electron chi connectivity index (χ1n) is 8.29. The second-order valence-electron chi connectivity index (χ2n) is 6.10. The normalized spacial score (nSPS) is 10.4. The molecule has 0 aliphatic heterocycles. The second kappa shape index (κ2) is 8.53. The Morgan fingerprint density at radius 2 is 1.80 bits per heavy atom. The van der Waals surface area contributed by atoms with Crippen LogP contribution in [0, 0.1) is 20.8 Å². The van der Waals surface area contributed by atoms with Crippen LogP contribution < -0.4 is 10.1 Å². The molecule has 0 unspecified atom stereocenters. The zero-order valence-electron chi connectivity index (χ0n) is 15.6. The Kier molecular flexibility index (Phi) is 6.42. The fraction of sp³-hybridized carbons (Fsp3) is 0.350. The third-order valence-corrected chi connectivity index (χ3v) is 4.24. The Hall–Kier alpha value is -2.53. The van der Waals surface area contributed by atoms with E-state index < -0.39 is 0 Å². The molecule has 0 atom stereocenters. The summed E-state index contributed by atoms with van der Waals surface area (Å²) < 4.78 is 5.85. The van der Waals surface area contributed by atoms with E-state index in [4.69, 9.17) is 9.57 Å². The largest absolute Gasteiger partial charge is 0.493 e. The quantitative estimate of drug-likeness (QED) is 0.798. The molecular weight excluding hydrogens is 316 g/mol. The van der Waals surface area contributed by atoms with Crippen LogP contribution in [0.15, 0.2) is 36.4 Å². The summed E-state index contributed by atoms with van der Waals surface area (Å²) in [5.74, 6) is 0.722. The highest BCUT2D eigenvalue weighted by molar-refractivity contribution is 5.88. The summed E-state index contributed by atoms with van der Waals surface area (Å²) in [6.07, 6.45) is 0.843. The van der Waals surface area contributed by atoms with Gasteiger partial charge in [-0.2, -0.15) is 0 Å². The standard InChI is InChI=1S/C20H26N2O3/c1-14-11-16(3)17(12-15(14)2)9-10-25-19-8-6-7-18(13-19)21-20(23)22(4)24-5/h6-8,11-13H,9-10H2,1-5H3,(H,21,23). The monoisotopic (exact) mass is 342 g/mol. The Bertz CT molecular complexity index is 744. The lowest BCUT2D eigenvalue weighted by Gasteiger charge is -2.15. The summed E-state index contributed by atoms with van der Waals surface area (Å²) in [5, 5.41) is 3.87. The van der Waals surface area contributed by atoms with Crippen molar-refractivity contribution < 1.29 is 14.4 Å². The number of carbonyl (C=O) groups is 1. The summed E-state index contributed by atoms with van der Waals surface area (Å²) in [5.41, 5.74) is 5.86. The predicted molar refractivity (Wildman–Crippen MR) is 100 cm³/mol. The van der Waals surface area contributed by atoms with Crippen LogP contribution in [0.25, 0.3) is 0 Å². The lowest BCUT2D eigenvalue weighted by atomic mass is 9.99. The number of urea groups is 1. The maximum atomic E-state index is 11.8. The van der Waals surface area contributed by atoms with E-state index in [0.717, 1.165) is 17.2 Å². The van der Waals surface area contributed by atoms with Crippen molar-refractivity contribution in [3.05, 3.63) is 58.7 Å². The lowest BCUT2D eigenvalue weighted by molar-refractivity contribution is -0.0598. The van der Waals surface area contributed by atoms with Gasteiger partial charge in [-0.25, -0.2) is 9.86 Å². The molecule has 2 rings (SSSR count). The van der Waals surface area contributed by atoms with Crippen molar-refractivity contribution in [2.45, 2.75) is 27.2 Å². The van der Waals surface area contributed by atoms with Gasteiger partial charge in [-0.3, -0.25) is 4.84 Å². The number of hydrogen-bond acceptors (Lipinski definition) is 3. The first kappa shape index (κ1) is 18.8. The number of hydrogen-bond donors (Lipinski definition) is 1. The summed E-state index contributed by atoms with van der Waals surface area (Å²) in [6, 6.07) is 11.4. The number of amides is 2. The van der Waals surface area contributed by atoms with Crippen LogP contribution in [-0.2, 0) is 11.3 Å². The molecule has 134 valence electrons. The molecule has 0 aliphatic rings. The van der Waals surface area contributed by atoms with Gasteiger partial charge in [-0.15, -0.1) is 0 Å². The van der Waals surface area contributed by atoms with Crippen LogP contribution in [0.5, 0.6) is 5.75 Å². The third-order valence-electron chi connectivity index (χ3n) is 4.24. The van der Waals surface area contributed by atoms with Gasteiger partial charge < -0.3 is 10.1 Å². The van der Waals surface area contributed by atoms with Crippen molar-refractivity contribution in [1.82, 2.24) is 5.06 Å². The van der Waals surface area contributed by atoms with Gasteiger partial charge in [0, 0.05) is 25.2 Å². The number of ether oxygens (including phenoxy) is 1. The molecule has 0 radical (unpaired) electrons. The maximum Gasteiger partial charge on any atom is 0.345 e. The van der Waals surface area contributed by atoms with E-state index in [0.29, 0.717) is 12.3 Å². The van der Waals surface area contributed by atoms with Gasteiger partial charge >= 0.3 is 6.03 Å². The minimum atomic E-state index is -0.342. The molecule has 2 aromatic rings. The van der Waals surface area contributed by atoms with Crippen molar-refractivity contribution in [2.24, 2.45) is 0 Å². The number of benzene rings is 2. The van der Waals surface area contributed by atoms with Crippen molar-refractivity contribution in [3.63, 3.8) is 0 Å². The molecule has 2 aromatic carbocycles. The zero-order valence-corrected chi connectivity index (χ0v) is 15.6. The number of aryl methyl sites for hydroxylation is 3. The number of rotatable bonds is 6. The zero-order chi connectivity index (χ0) is 18.4. The molecule has 0 bridgehead atoms. The Morgan fingerprint density at radius 1 is 1.08 bits per heavy atom. The Labute approximate surface area is 149 Å². The Morgan fingerprint density at radius 3 is 2.52 bits per heavy atom. The smallest absolute Gasteiger partial charge is 0.345 e. The Balaban J connectivity index is 1.94. The summed E-state index contributed by atoms with van der Waals surface area (Å²) in [6.45, 7) is 6.97. The number of nitrogens with zero attached hydrogens (tertiary/aromatic N) is 1. The van der Waals surface area contributed by atoms with E-state index in [9.17, 15) is 4.79 Å². The van der Waals surface area contributed by atoms with Crippen LogP contribution in [0.3, 0.4) is 0 Å². The summed E-state index contributed by atoms with van der Waals surface area (Å²) >= 11 is 0. The molecule has 0 fully saturated rings. The molecule has 0 aliphatic carbocycles. The first-order valence-corrected chi connectivity index (χ1v) is 8.29. The average molecular weight is 342 g/mol. The van der Waals surface area contributed by atoms with Crippen molar-refractivity contribution in [1.29, 1.82) is 0 Å². The molecule has 5 nitrogen and oxygen atoms in total. The van der Waals surface area contributed by atoms with Crippen LogP contribution in [-0.4, -0.2) is 31.9 Å². The fourth-order valence-corrected chi connectivity index (χ4v) is 2.52. The molecule has 0 aromatic heterocycles. The van der Waals surface area contributed by atoms with Crippen LogP contribution >= 0.6 is 0 Å². The van der Waals surface area contributed by atoms with Gasteiger partial charge in [0.2, 0.25) is 0 Å².